The van der Waals surface area contributed by atoms with E-state index in [0.29, 0.717) is 18.7 Å². The van der Waals surface area contributed by atoms with Gasteiger partial charge in [-0.1, -0.05) is 17.7 Å². The second-order valence-electron chi connectivity index (χ2n) is 6.75. The van der Waals surface area contributed by atoms with Crippen LogP contribution in [0.5, 0.6) is 5.75 Å². The van der Waals surface area contributed by atoms with Crippen LogP contribution in [0.25, 0.3) is 0 Å². The molecule has 2 rings (SSSR count). The van der Waals surface area contributed by atoms with Crippen molar-refractivity contribution in [3.63, 3.8) is 0 Å². The van der Waals surface area contributed by atoms with E-state index in [1.165, 1.54) is 29.7 Å². The predicted octanol–water partition coefficient (Wildman–Crippen LogP) is 1.89. The van der Waals surface area contributed by atoms with E-state index in [0.717, 1.165) is 17.9 Å². The van der Waals surface area contributed by atoms with Crippen molar-refractivity contribution in [1.82, 2.24) is 0 Å². The molecule has 1 aliphatic rings. The first-order valence-electron chi connectivity index (χ1n) is 8.21. The van der Waals surface area contributed by atoms with Crippen LogP contribution in [0, 0.1) is 13.8 Å². The summed E-state index contributed by atoms with van der Waals surface area (Å²) in [5.41, 5.74) is 2.37. The second kappa shape index (κ2) is 7.28. The lowest BCUT2D eigenvalue weighted by atomic mass is 9.97. The van der Waals surface area contributed by atoms with E-state index in [1.807, 2.05) is 6.07 Å². The molecule has 1 aromatic rings. The number of aliphatic hydroxyl groups is 1. The molecule has 1 fully saturated rings. The fourth-order valence-electron chi connectivity index (χ4n) is 3.47. The van der Waals surface area contributed by atoms with E-state index in [-0.39, 0.29) is 0 Å². The molecule has 3 nitrogen and oxygen atoms in total. The molecule has 0 unspecified atom stereocenters. The Morgan fingerprint density at radius 2 is 1.90 bits per heavy atom. The molecular formula is C18H30NO2+. The molecule has 0 saturated carbocycles. The Morgan fingerprint density at radius 3 is 2.52 bits per heavy atom. The van der Waals surface area contributed by atoms with Crippen molar-refractivity contribution in [2.45, 2.75) is 65.1 Å². The molecular weight excluding hydrogens is 262 g/mol. The first-order chi connectivity index (χ1) is 9.97. The van der Waals surface area contributed by atoms with Gasteiger partial charge in [0.1, 0.15) is 25.0 Å². The van der Waals surface area contributed by atoms with Gasteiger partial charge in [0.05, 0.1) is 12.1 Å². The van der Waals surface area contributed by atoms with Crippen molar-refractivity contribution in [3.8, 4) is 5.75 Å². The molecule has 3 heteroatoms. The number of aliphatic hydroxyl groups excluding tert-OH is 1. The van der Waals surface area contributed by atoms with Gasteiger partial charge < -0.3 is 14.7 Å². The number of quaternary nitrogens is 1. The Kier molecular flexibility index (Phi) is 5.65. The summed E-state index contributed by atoms with van der Waals surface area (Å²) in [6.45, 7) is 9.88. The van der Waals surface area contributed by atoms with Gasteiger partial charge in [0, 0.05) is 0 Å². The Labute approximate surface area is 128 Å². The summed E-state index contributed by atoms with van der Waals surface area (Å²) in [7, 11) is 0. The highest BCUT2D eigenvalue weighted by Crippen LogP contribution is 2.18. The summed E-state index contributed by atoms with van der Waals surface area (Å²) in [6.07, 6.45) is 3.46. The van der Waals surface area contributed by atoms with Gasteiger partial charge in [-0.15, -0.1) is 0 Å². The normalized spacial score (nSPS) is 24.8. The van der Waals surface area contributed by atoms with Crippen molar-refractivity contribution in [1.29, 1.82) is 0 Å². The number of piperidine rings is 1. The van der Waals surface area contributed by atoms with Gasteiger partial charge in [-0.05, 0) is 58.6 Å². The molecule has 0 spiro atoms. The lowest BCUT2D eigenvalue weighted by molar-refractivity contribution is -0.954. The van der Waals surface area contributed by atoms with E-state index in [4.69, 9.17) is 4.74 Å². The van der Waals surface area contributed by atoms with Gasteiger partial charge in [0.15, 0.2) is 0 Å². The van der Waals surface area contributed by atoms with Crippen LogP contribution < -0.4 is 9.64 Å². The third kappa shape index (κ3) is 4.45. The number of hydrogen-bond donors (Lipinski definition) is 2. The monoisotopic (exact) mass is 292 g/mol. The largest absolute Gasteiger partial charge is 0.490 e. The first-order valence-corrected chi connectivity index (χ1v) is 8.21. The molecule has 1 heterocycles. The van der Waals surface area contributed by atoms with Crippen molar-refractivity contribution in [2.75, 3.05) is 13.2 Å². The van der Waals surface area contributed by atoms with E-state index in [2.05, 4.69) is 39.8 Å². The quantitative estimate of drug-likeness (QED) is 0.869. The zero-order valence-electron chi connectivity index (χ0n) is 13.9. The molecule has 1 aliphatic heterocycles. The van der Waals surface area contributed by atoms with Crippen molar-refractivity contribution < 1.29 is 14.7 Å². The van der Waals surface area contributed by atoms with Crippen molar-refractivity contribution in [2.24, 2.45) is 0 Å². The highest BCUT2D eigenvalue weighted by Gasteiger charge is 2.30. The Hall–Kier alpha value is -1.06. The van der Waals surface area contributed by atoms with Crippen LogP contribution in [0.1, 0.15) is 44.2 Å². The van der Waals surface area contributed by atoms with Crippen LogP contribution in [0.3, 0.4) is 0 Å². The molecule has 0 amide bonds. The fourth-order valence-corrected chi connectivity index (χ4v) is 3.47. The SMILES string of the molecule is Cc1ccc(OC[C@H](O)C[NH+]2[C@@H](C)CCC[C@@H]2C)c(C)c1. The van der Waals surface area contributed by atoms with Crippen LogP contribution in [0.15, 0.2) is 18.2 Å². The van der Waals surface area contributed by atoms with E-state index >= 15 is 0 Å². The Balaban J connectivity index is 1.85. The topological polar surface area (TPSA) is 33.9 Å². The molecule has 0 aliphatic carbocycles. The van der Waals surface area contributed by atoms with Crippen LogP contribution in [-0.4, -0.2) is 36.4 Å². The molecule has 2 N–H and O–H groups in total. The number of nitrogens with one attached hydrogen (secondary N) is 1. The third-order valence-corrected chi connectivity index (χ3v) is 4.77. The van der Waals surface area contributed by atoms with Crippen molar-refractivity contribution in [3.05, 3.63) is 29.3 Å². The maximum atomic E-state index is 10.3. The third-order valence-electron chi connectivity index (χ3n) is 4.77. The molecule has 1 saturated heterocycles. The number of ether oxygens (including phenoxy) is 1. The average Bonchev–Trinajstić information content (AvgIpc) is 2.42. The lowest BCUT2D eigenvalue weighted by Gasteiger charge is -2.36. The summed E-state index contributed by atoms with van der Waals surface area (Å²) in [4.78, 5) is 1.53. The van der Waals surface area contributed by atoms with Gasteiger partial charge in [0.25, 0.3) is 0 Å². The summed E-state index contributed by atoms with van der Waals surface area (Å²) in [6, 6.07) is 7.45. The van der Waals surface area contributed by atoms with Crippen LogP contribution in [0.4, 0.5) is 0 Å². The number of likely N-dealkylation sites (tertiary alicyclic amines) is 1. The van der Waals surface area contributed by atoms with E-state index < -0.39 is 6.10 Å². The first kappa shape index (κ1) is 16.3. The molecule has 0 radical (unpaired) electrons. The number of hydrogen-bond acceptors (Lipinski definition) is 2. The summed E-state index contributed by atoms with van der Waals surface area (Å²) in [5, 5.41) is 10.3. The molecule has 0 bridgehead atoms. The van der Waals surface area contributed by atoms with E-state index in [1.54, 1.807) is 0 Å². The highest BCUT2D eigenvalue weighted by atomic mass is 16.5. The summed E-state index contributed by atoms with van der Waals surface area (Å²) >= 11 is 0. The molecule has 21 heavy (non-hydrogen) atoms. The van der Waals surface area contributed by atoms with Crippen LogP contribution >= 0.6 is 0 Å². The maximum Gasteiger partial charge on any atom is 0.137 e. The Bertz CT molecular complexity index is 451. The summed E-state index contributed by atoms with van der Waals surface area (Å²) in [5.74, 6) is 0.884. The molecule has 1 aromatic carbocycles. The van der Waals surface area contributed by atoms with Gasteiger partial charge in [-0.25, -0.2) is 0 Å². The minimum Gasteiger partial charge on any atom is -0.490 e. The fraction of sp³-hybridized carbons (Fsp3) is 0.667. The minimum absolute atomic E-state index is 0.382. The van der Waals surface area contributed by atoms with Gasteiger partial charge in [-0.3, -0.25) is 0 Å². The highest BCUT2D eigenvalue weighted by molar-refractivity contribution is 5.35. The van der Waals surface area contributed by atoms with Gasteiger partial charge in [-0.2, -0.15) is 0 Å². The zero-order chi connectivity index (χ0) is 15.4. The number of benzene rings is 1. The van der Waals surface area contributed by atoms with E-state index in [9.17, 15) is 5.11 Å². The average molecular weight is 292 g/mol. The standard InChI is InChI=1S/C18H29NO2/c1-13-8-9-18(14(2)10-13)21-12-17(20)11-19-15(3)6-5-7-16(19)4/h8-10,15-17,20H,5-7,11-12H2,1-4H3/p+1/t15-,16-,17+/m0/s1. The lowest BCUT2D eigenvalue weighted by Crippen LogP contribution is -3.20. The van der Waals surface area contributed by atoms with Gasteiger partial charge in [0.2, 0.25) is 0 Å². The second-order valence-corrected chi connectivity index (χ2v) is 6.75. The predicted molar refractivity (Wildman–Crippen MR) is 86.0 cm³/mol. The smallest absolute Gasteiger partial charge is 0.137 e. The number of rotatable bonds is 5. The van der Waals surface area contributed by atoms with Crippen LogP contribution in [0.2, 0.25) is 0 Å². The maximum absolute atomic E-state index is 10.3. The molecule has 118 valence electrons. The zero-order valence-corrected chi connectivity index (χ0v) is 13.9. The molecule has 0 aromatic heterocycles. The Morgan fingerprint density at radius 1 is 1.24 bits per heavy atom. The minimum atomic E-state index is -0.399. The molecule has 3 atom stereocenters. The summed E-state index contributed by atoms with van der Waals surface area (Å²) < 4.78 is 5.80. The van der Waals surface area contributed by atoms with Crippen LogP contribution in [-0.2, 0) is 0 Å². The van der Waals surface area contributed by atoms with Gasteiger partial charge >= 0.3 is 0 Å². The van der Waals surface area contributed by atoms with Crippen molar-refractivity contribution >= 4 is 0 Å². The number of aryl methyl sites for hydroxylation is 2.